The van der Waals surface area contributed by atoms with Gasteiger partial charge in [0.25, 0.3) is 11.8 Å². The quantitative estimate of drug-likeness (QED) is 0.499. The Kier molecular flexibility index (Phi) is 5.60. The minimum absolute atomic E-state index is 0.178. The molecule has 1 aromatic heterocycles. The number of aromatic nitrogens is 1. The molecule has 8 heteroatoms. The van der Waals surface area contributed by atoms with Gasteiger partial charge in [-0.1, -0.05) is 40.2 Å². The monoisotopic (exact) mass is 496 g/mol. The lowest BCUT2D eigenvalue weighted by Crippen LogP contribution is -2.49. The first-order valence-electron chi connectivity index (χ1n) is 10.2. The summed E-state index contributed by atoms with van der Waals surface area (Å²) < 4.78 is 1.06. The number of thiazole rings is 1. The van der Waals surface area contributed by atoms with Crippen molar-refractivity contribution in [2.45, 2.75) is 0 Å². The van der Waals surface area contributed by atoms with Gasteiger partial charge in [0.15, 0.2) is 5.13 Å². The Labute approximate surface area is 193 Å². The third-order valence-electron chi connectivity index (χ3n) is 5.79. The Hall–Kier alpha value is -2.55. The van der Waals surface area contributed by atoms with Crippen molar-refractivity contribution < 1.29 is 9.59 Å². The van der Waals surface area contributed by atoms with Crippen molar-refractivity contribution in [2.24, 2.45) is 0 Å². The van der Waals surface area contributed by atoms with Crippen LogP contribution in [-0.4, -0.2) is 65.9 Å². The first kappa shape index (κ1) is 20.4. The van der Waals surface area contributed by atoms with E-state index in [-0.39, 0.29) is 11.8 Å². The molecule has 1 saturated heterocycles. The molecule has 0 aliphatic carbocycles. The zero-order chi connectivity index (χ0) is 21.4. The van der Waals surface area contributed by atoms with E-state index in [1.807, 2.05) is 12.1 Å². The summed E-state index contributed by atoms with van der Waals surface area (Å²) in [6.45, 7) is 4.66. The van der Waals surface area contributed by atoms with Crippen LogP contribution >= 0.6 is 27.3 Å². The van der Waals surface area contributed by atoms with Crippen molar-refractivity contribution in [3.63, 3.8) is 0 Å². The molecular weight excluding hydrogens is 476 g/mol. The first-order chi connectivity index (χ1) is 15.1. The zero-order valence-corrected chi connectivity index (χ0v) is 19.2. The molecule has 0 unspecified atom stereocenters. The number of anilines is 1. The highest BCUT2D eigenvalue weighted by atomic mass is 79.9. The summed E-state index contributed by atoms with van der Waals surface area (Å²) in [6, 6.07) is 15.2. The fourth-order valence-corrected chi connectivity index (χ4v) is 5.16. The maximum Gasteiger partial charge on any atom is 0.261 e. The van der Waals surface area contributed by atoms with Crippen LogP contribution in [0.15, 0.2) is 58.4 Å². The maximum absolute atomic E-state index is 12.5. The summed E-state index contributed by atoms with van der Waals surface area (Å²) in [5.74, 6) is -0.356. The molecule has 0 bridgehead atoms. The van der Waals surface area contributed by atoms with Crippen molar-refractivity contribution in [3.05, 3.63) is 69.5 Å². The zero-order valence-electron chi connectivity index (χ0n) is 16.8. The van der Waals surface area contributed by atoms with Gasteiger partial charge in [-0.15, -0.1) is 11.3 Å². The second-order valence-corrected chi connectivity index (χ2v) is 9.41. The molecule has 2 aromatic carbocycles. The van der Waals surface area contributed by atoms with Gasteiger partial charge < -0.3 is 4.90 Å². The van der Waals surface area contributed by atoms with Crippen molar-refractivity contribution in [1.82, 2.24) is 14.8 Å². The fourth-order valence-electron chi connectivity index (χ4n) is 4.01. The number of hydrogen-bond donors (Lipinski definition) is 0. The Morgan fingerprint density at radius 3 is 2.16 bits per heavy atom. The van der Waals surface area contributed by atoms with Crippen LogP contribution in [0.3, 0.4) is 0 Å². The van der Waals surface area contributed by atoms with Crippen molar-refractivity contribution in [1.29, 1.82) is 0 Å². The lowest BCUT2D eigenvalue weighted by molar-refractivity contribution is 0.0635. The molecule has 0 saturated carbocycles. The number of benzene rings is 2. The van der Waals surface area contributed by atoms with E-state index in [0.717, 1.165) is 47.0 Å². The number of carbonyl (C=O) groups is 2. The third-order valence-corrected chi connectivity index (χ3v) is 7.22. The van der Waals surface area contributed by atoms with Gasteiger partial charge in [-0.25, -0.2) is 4.98 Å². The average molecular weight is 497 g/mol. The molecule has 3 heterocycles. The molecule has 0 spiro atoms. The molecule has 0 radical (unpaired) electrons. The predicted molar refractivity (Wildman–Crippen MR) is 126 cm³/mol. The molecule has 6 nitrogen and oxygen atoms in total. The number of rotatable bonds is 5. The summed E-state index contributed by atoms with van der Waals surface area (Å²) in [6.07, 6.45) is 0. The summed E-state index contributed by atoms with van der Waals surface area (Å²) in [5.41, 5.74) is 3.15. The van der Waals surface area contributed by atoms with Crippen LogP contribution in [0.1, 0.15) is 20.7 Å². The van der Waals surface area contributed by atoms with Gasteiger partial charge in [0.1, 0.15) is 0 Å². The van der Waals surface area contributed by atoms with Crippen LogP contribution in [-0.2, 0) is 0 Å². The number of hydrogen-bond acceptors (Lipinski definition) is 6. The number of piperazine rings is 1. The number of carbonyl (C=O) groups excluding carboxylic acids is 2. The predicted octanol–water partition coefficient (Wildman–Crippen LogP) is 3.99. The molecule has 5 rings (SSSR count). The minimum atomic E-state index is -0.178. The molecule has 2 aliphatic heterocycles. The van der Waals surface area contributed by atoms with Crippen LogP contribution < -0.4 is 4.90 Å². The van der Waals surface area contributed by atoms with Gasteiger partial charge in [0.2, 0.25) is 0 Å². The number of fused-ring (bicyclic) bond motifs is 1. The molecule has 2 aliphatic rings. The highest BCUT2D eigenvalue weighted by Gasteiger charge is 2.35. The summed E-state index contributed by atoms with van der Waals surface area (Å²) >= 11 is 5.14. The van der Waals surface area contributed by atoms with E-state index in [0.29, 0.717) is 24.2 Å². The fraction of sp³-hybridized carbons (Fsp3) is 0.261. The standard InChI is InChI=1S/C23H21BrN4O2S/c24-17-7-5-16(6-8-17)20-15-31-23(25-20)27-12-9-26(10-13-27)11-14-28-21(29)18-3-1-2-4-19(18)22(28)30/h1-8,15H,9-14H2. The number of amides is 2. The molecule has 3 aromatic rings. The number of imide groups is 1. The second-order valence-electron chi connectivity index (χ2n) is 7.66. The van der Waals surface area contributed by atoms with E-state index < -0.39 is 0 Å². The van der Waals surface area contributed by atoms with Crippen LogP contribution in [0, 0.1) is 0 Å². The number of halogens is 1. The molecule has 31 heavy (non-hydrogen) atoms. The minimum Gasteiger partial charge on any atom is -0.346 e. The van der Waals surface area contributed by atoms with E-state index in [4.69, 9.17) is 4.98 Å². The first-order valence-corrected chi connectivity index (χ1v) is 11.9. The van der Waals surface area contributed by atoms with E-state index in [2.05, 4.69) is 43.2 Å². The van der Waals surface area contributed by atoms with Crippen LogP contribution in [0.4, 0.5) is 5.13 Å². The number of nitrogens with zero attached hydrogens (tertiary/aromatic N) is 4. The summed E-state index contributed by atoms with van der Waals surface area (Å²) in [4.78, 5) is 35.9. The Balaban J connectivity index is 1.15. The van der Waals surface area contributed by atoms with Crippen LogP contribution in [0.2, 0.25) is 0 Å². The van der Waals surface area contributed by atoms with Crippen LogP contribution in [0.5, 0.6) is 0 Å². The molecule has 158 valence electrons. The summed E-state index contributed by atoms with van der Waals surface area (Å²) in [7, 11) is 0. The highest BCUT2D eigenvalue weighted by Crippen LogP contribution is 2.29. The SMILES string of the molecule is O=C1c2ccccc2C(=O)N1CCN1CCN(c2nc(-c3ccc(Br)cc3)cs2)CC1. The van der Waals surface area contributed by atoms with Gasteiger partial charge in [-0.05, 0) is 24.3 Å². The lowest BCUT2D eigenvalue weighted by atomic mass is 10.1. The van der Waals surface area contributed by atoms with Gasteiger partial charge in [-0.2, -0.15) is 0 Å². The lowest BCUT2D eigenvalue weighted by Gasteiger charge is -2.35. The largest absolute Gasteiger partial charge is 0.346 e. The van der Waals surface area contributed by atoms with Crippen LogP contribution in [0.25, 0.3) is 11.3 Å². The average Bonchev–Trinajstić information content (AvgIpc) is 3.38. The second kappa shape index (κ2) is 8.53. The Bertz CT molecular complexity index is 1090. The normalized spacial score (nSPS) is 16.8. The Morgan fingerprint density at radius 2 is 1.52 bits per heavy atom. The molecule has 0 atom stereocenters. The summed E-state index contributed by atoms with van der Waals surface area (Å²) in [5, 5.41) is 3.14. The van der Waals surface area contributed by atoms with E-state index in [9.17, 15) is 9.59 Å². The molecule has 0 N–H and O–H groups in total. The Morgan fingerprint density at radius 1 is 0.871 bits per heavy atom. The third kappa shape index (κ3) is 4.03. The molecule has 1 fully saturated rings. The van der Waals surface area contributed by atoms with Gasteiger partial charge >= 0.3 is 0 Å². The highest BCUT2D eigenvalue weighted by molar-refractivity contribution is 9.10. The van der Waals surface area contributed by atoms with E-state index in [1.54, 1.807) is 35.6 Å². The smallest absolute Gasteiger partial charge is 0.261 e. The van der Waals surface area contributed by atoms with Gasteiger partial charge in [0.05, 0.1) is 16.8 Å². The van der Waals surface area contributed by atoms with Crippen molar-refractivity contribution in [3.8, 4) is 11.3 Å². The van der Waals surface area contributed by atoms with Gasteiger partial charge in [0, 0.05) is 54.7 Å². The van der Waals surface area contributed by atoms with E-state index >= 15 is 0 Å². The van der Waals surface area contributed by atoms with E-state index in [1.165, 1.54) is 4.90 Å². The van der Waals surface area contributed by atoms with Gasteiger partial charge in [-0.3, -0.25) is 19.4 Å². The van der Waals surface area contributed by atoms with Crippen molar-refractivity contribution in [2.75, 3.05) is 44.2 Å². The topological polar surface area (TPSA) is 56.8 Å². The maximum atomic E-state index is 12.5. The molecule has 2 amide bonds. The van der Waals surface area contributed by atoms with Crippen molar-refractivity contribution >= 4 is 44.2 Å². The molecular formula is C23H21BrN4O2S.